The third-order valence-electron chi connectivity index (χ3n) is 11.2. The van der Waals surface area contributed by atoms with Crippen molar-refractivity contribution in [2.75, 3.05) is 18.0 Å². The molecular formula is C32H47N3O3. The Kier molecular flexibility index (Phi) is 7.45. The predicted octanol–water partition coefficient (Wildman–Crippen LogP) is 6.26. The second-order valence-corrected chi connectivity index (χ2v) is 13.5. The first-order valence-corrected chi connectivity index (χ1v) is 15.5. The standard InChI is InChI=1S/C32H47N3O3/c1-21-14-22(2)25-16-23(15-24(21)17-25)20-34-27-10-6-11-28(34)19-29(18-27)35(26-8-4-3-5-9-26)32(38)33-13-7-12-30(33)31(36)37/h3-5,8-9,21-25,27-30H,6-7,10-20H2,1-2H3,(H,36,37). The second-order valence-electron chi connectivity index (χ2n) is 13.5. The fraction of sp³-hybridized carbons (Fsp3) is 0.750. The van der Waals surface area contributed by atoms with Gasteiger partial charge in [-0.05, 0) is 106 Å². The van der Waals surface area contributed by atoms with Crippen molar-refractivity contribution in [2.45, 2.75) is 109 Å². The van der Waals surface area contributed by atoms with Gasteiger partial charge in [0.15, 0.2) is 0 Å². The number of para-hydroxylation sites is 1. The Hall–Kier alpha value is -2.08. The summed E-state index contributed by atoms with van der Waals surface area (Å²) in [6.45, 7) is 6.75. The number of likely N-dealkylation sites (tertiary alicyclic amines) is 1. The van der Waals surface area contributed by atoms with Gasteiger partial charge in [-0.15, -0.1) is 0 Å². The van der Waals surface area contributed by atoms with Crippen LogP contribution in [0.2, 0.25) is 0 Å². The topological polar surface area (TPSA) is 64.1 Å². The Balaban J connectivity index is 1.20. The van der Waals surface area contributed by atoms with Gasteiger partial charge in [-0.25, -0.2) is 9.59 Å². The van der Waals surface area contributed by atoms with Crippen molar-refractivity contribution < 1.29 is 14.7 Å². The monoisotopic (exact) mass is 521 g/mol. The summed E-state index contributed by atoms with van der Waals surface area (Å²) in [5.74, 6) is 3.52. The number of urea groups is 1. The summed E-state index contributed by atoms with van der Waals surface area (Å²) in [5, 5.41) is 9.79. The van der Waals surface area contributed by atoms with Crippen molar-refractivity contribution in [3.8, 4) is 0 Å². The van der Waals surface area contributed by atoms with Crippen molar-refractivity contribution in [1.29, 1.82) is 0 Å². The summed E-state index contributed by atoms with van der Waals surface area (Å²) in [7, 11) is 0. The number of hydrogen-bond acceptors (Lipinski definition) is 3. The number of carboxylic acids is 1. The normalized spacial score (nSPS) is 39.1. The van der Waals surface area contributed by atoms with Gasteiger partial charge in [0.05, 0.1) is 0 Å². The molecule has 2 aliphatic carbocycles. The van der Waals surface area contributed by atoms with Crippen LogP contribution < -0.4 is 4.90 Å². The lowest BCUT2D eigenvalue weighted by atomic mass is 9.60. The number of rotatable bonds is 5. The number of anilines is 1. The minimum atomic E-state index is -0.878. The van der Waals surface area contributed by atoms with E-state index in [1.165, 1.54) is 51.5 Å². The molecule has 1 N–H and O–H groups in total. The minimum Gasteiger partial charge on any atom is -0.480 e. The van der Waals surface area contributed by atoms with Crippen LogP contribution in [-0.2, 0) is 4.79 Å². The maximum Gasteiger partial charge on any atom is 0.326 e. The summed E-state index contributed by atoms with van der Waals surface area (Å²) in [4.78, 5) is 32.4. The molecule has 0 radical (unpaired) electrons. The quantitative estimate of drug-likeness (QED) is 0.497. The number of nitrogens with zero attached hydrogens (tertiary/aromatic N) is 3. The maximum absolute atomic E-state index is 14.0. The van der Waals surface area contributed by atoms with Gasteiger partial charge in [-0.1, -0.05) is 38.5 Å². The molecule has 0 spiro atoms. The van der Waals surface area contributed by atoms with Crippen LogP contribution in [0.4, 0.5) is 10.5 Å². The lowest BCUT2D eigenvalue weighted by Crippen LogP contribution is -2.61. The van der Waals surface area contributed by atoms with Gasteiger partial charge in [-0.3, -0.25) is 9.80 Å². The van der Waals surface area contributed by atoms with Crippen LogP contribution in [0, 0.1) is 29.6 Å². The first kappa shape index (κ1) is 26.2. The summed E-state index contributed by atoms with van der Waals surface area (Å²) in [5.41, 5.74) is 0.910. The van der Waals surface area contributed by atoms with Crippen molar-refractivity contribution in [3.05, 3.63) is 30.3 Å². The molecule has 0 aromatic heterocycles. The molecule has 6 nitrogen and oxygen atoms in total. The zero-order valence-corrected chi connectivity index (χ0v) is 23.4. The van der Waals surface area contributed by atoms with Crippen LogP contribution in [0.5, 0.6) is 0 Å². The molecule has 1 aromatic carbocycles. The van der Waals surface area contributed by atoms with E-state index >= 15 is 0 Å². The number of aliphatic carboxylic acids is 1. The Morgan fingerprint density at radius 2 is 1.53 bits per heavy atom. The van der Waals surface area contributed by atoms with Crippen molar-refractivity contribution in [2.24, 2.45) is 29.6 Å². The van der Waals surface area contributed by atoms with E-state index in [0.29, 0.717) is 25.0 Å². The first-order valence-electron chi connectivity index (χ1n) is 15.5. The summed E-state index contributed by atoms with van der Waals surface area (Å²) < 4.78 is 0. The molecule has 208 valence electrons. The summed E-state index contributed by atoms with van der Waals surface area (Å²) in [6.07, 6.45) is 12.7. The SMILES string of the molecule is CC1CC(C)C2CC(CN3C4CCCC3CC(N(C(=O)N3CCCC3C(=O)O)c3ccccc3)C4)CC1C2. The molecule has 3 saturated heterocycles. The Bertz CT molecular complexity index is 971. The van der Waals surface area contributed by atoms with Crippen LogP contribution in [0.15, 0.2) is 30.3 Å². The molecule has 1 aromatic rings. The van der Waals surface area contributed by atoms with E-state index in [2.05, 4.69) is 18.7 Å². The average Bonchev–Trinajstić information content (AvgIpc) is 3.39. The Morgan fingerprint density at radius 3 is 2.16 bits per heavy atom. The molecule has 3 heterocycles. The van der Waals surface area contributed by atoms with E-state index in [-0.39, 0.29) is 12.1 Å². The van der Waals surface area contributed by atoms with Gasteiger partial charge in [0.25, 0.3) is 0 Å². The van der Waals surface area contributed by atoms with E-state index in [4.69, 9.17) is 0 Å². The molecule has 5 fully saturated rings. The second kappa shape index (κ2) is 10.8. The first-order chi connectivity index (χ1) is 18.4. The number of piperidine rings is 2. The molecule has 6 heteroatoms. The smallest absolute Gasteiger partial charge is 0.326 e. The van der Waals surface area contributed by atoms with Crippen LogP contribution >= 0.6 is 0 Å². The van der Waals surface area contributed by atoms with Gasteiger partial charge in [0.2, 0.25) is 0 Å². The van der Waals surface area contributed by atoms with E-state index in [1.54, 1.807) is 4.90 Å². The highest BCUT2D eigenvalue weighted by Gasteiger charge is 2.46. The fourth-order valence-corrected chi connectivity index (χ4v) is 9.30. The molecule has 5 aliphatic rings. The Labute approximate surface area is 228 Å². The van der Waals surface area contributed by atoms with E-state index in [0.717, 1.165) is 54.5 Å². The number of fused-ring (bicyclic) bond motifs is 4. The number of carboxylic acid groups (broad SMARTS) is 1. The molecule has 7 unspecified atom stereocenters. The third-order valence-corrected chi connectivity index (χ3v) is 11.2. The molecule has 6 rings (SSSR count). The number of carbonyl (C=O) groups excluding carboxylic acids is 1. The van der Waals surface area contributed by atoms with Gasteiger partial charge in [0, 0.05) is 36.9 Å². The van der Waals surface area contributed by atoms with Gasteiger partial charge in [0.1, 0.15) is 6.04 Å². The summed E-state index contributed by atoms with van der Waals surface area (Å²) in [6, 6.07) is 10.4. The van der Waals surface area contributed by atoms with Gasteiger partial charge < -0.3 is 10.0 Å². The highest BCUT2D eigenvalue weighted by molar-refractivity contribution is 5.95. The fourth-order valence-electron chi connectivity index (χ4n) is 9.30. The van der Waals surface area contributed by atoms with Crippen molar-refractivity contribution in [1.82, 2.24) is 9.80 Å². The van der Waals surface area contributed by atoms with Crippen molar-refractivity contribution >= 4 is 17.7 Å². The van der Waals surface area contributed by atoms with E-state index < -0.39 is 12.0 Å². The number of benzene rings is 1. The zero-order valence-electron chi connectivity index (χ0n) is 23.4. The minimum absolute atomic E-state index is 0.110. The predicted molar refractivity (Wildman–Crippen MR) is 150 cm³/mol. The molecule has 2 saturated carbocycles. The lowest BCUT2D eigenvalue weighted by molar-refractivity contribution is -0.141. The third kappa shape index (κ3) is 4.98. The molecule has 38 heavy (non-hydrogen) atoms. The number of amides is 2. The maximum atomic E-state index is 14.0. The van der Waals surface area contributed by atoms with E-state index in [1.807, 2.05) is 35.2 Å². The van der Waals surface area contributed by atoms with Crippen molar-refractivity contribution in [3.63, 3.8) is 0 Å². The zero-order chi connectivity index (χ0) is 26.4. The molecular weight excluding hydrogens is 474 g/mol. The average molecular weight is 522 g/mol. The van der Waals surface area contributed by atoms with Crippen LogP contribution in [0.25, 0.3) is 0 Å². The molecule has 3 aliphatic heterocycles. The number of carbonyl (C=O) groups is 2. The molecule has 7 atom stereocenters. The lowest BCUT2D eigenvalue weighted by Gasteiger charge is -2.54. The highest BCUT2D eigenvalue weighted by atomic mass is 16.4. The van der Waals surface area contributed by atoms with E-state index in [9.17, 15) is 14.7 Å². The van der Waals surface area contributed by atoms with Crippen LogP contribution in [0.3, 0.4) is 0 Å². The van der Waals surface area contributed by atoms with Crippen LogP contribution in [0.1, 0.15) is 84.5 Å². The Morgan fingerprint density at radius 1 is 0.868 bits per heavy atom. The summed E-state index contributed by atoms with van der Waals surface area (Å²) >= 11 is 0. The van der Waals surface area contributed by atoms with Crippen LogP contribution in [-0.4, -0.2) is 64.2 Å². The molecule has 2 amide bonds. The largest absolute Gasteiger partial charge is 0.480 e. The number of hydrogen-bond donors (Lipinski definition) is 1. The highest BCUT2D eigenvalue weighted by Crippen LogP contribution is 2.49. The van der Waals surface area contributed by atoms with Gasteiger partial charge >= 0.3 is 12.0 Å². The molecule has 4 bridgehead atoms. The van der Waals surface area contributed by atoms with Gasteiger partial charge in [-0.2, -0.15) is 0 Å².